The summed E-state index contributed by atoms with van der Waals surface area (Å²) in [7, 11) is -3.67. The van der Waals surface area contributed by atoms with Crippen molar-refractivity contribution in [3.8, 4) is 5.75 Å². The van der Waals surface area contributed by atoms with Crippen molar-refractivity contribution in [3.05, 3.63) is 66.0 Å². The summed E-state index contributed by atoms with van der Waals surface area (Å²) in [6.45, 7) is 5.20. The number of nitrogens with zero attached hydrogens (tertiary/aromatic N) is 4. The fourth-order valence-electron chi connectivity index (χ4n) is 3.81. The van der Waals surface area contributed by atoms with Crippen molar-refractivity contribution >= 4 is 21.6 Å². The lowest BCUT2D eigenvalue weighted by molar-refractivity contribution is 0.102. The molecule has 1 amide bonds. The van der Waals surface area contributed by atoms with E-state index in [2.05, 4.69) is 15.6 Å². The van der Waals surface area contributed by atoms with Crippen LogP contribution in [-0.2, 0) is 16.6 Å². The normalized spacial score (nSPS) is 14.8. The fourth-order valence-corrected chi connectivity index (χ4v) is 5.36. The number of hydrogen-bond donors (Lipinski definition) is 1. The van der Waals surface area contributed by atoms with Crippen molar-refractivity contribution in [1.29, 1.82) is 0 Å². The van der Waals surface area contributed by atoms with Crippen LogP contribution in [0.1, 0.15) is 49.2 Å². The molecule has 3 aromatic rings. The monoisotopic (exact) mass is 483 g/mol. The van der Waals surface area contributed by atoms with E-state index in [0.717, 1.165) is 24.8 Å². The van der Waals surface area contributed by atoms with Gasteiger partial charge in [-0.25, -0.2) is 13.1 Å². The smallest absolute Gasteiger partial charge is 0.277 e. The highest BCUT2D eigenvalue weighted by molar-refractivity contribution is 7.89. The number of benzene rings is 2. The summed E-state index contributed by atoms with van der Waals surface area (Å²) >= 11 is 0. The zero-order chi connectivity index (χ0) is 24.1. The number of anilines is 1. The molecule has 2 aromatic carbocycles. The Morgan fingerprint density at radius 2 is 1.82 bits per heavy atom. The maximum atomic E-state index is 13.2. The van der Waals surface area contributed by atoms with Gasteiger partial charge in [0, 0.05) is 13.1 Å². The van der Waals surface area contributed by atoms with E-state index in [0.29, 0.717) is 25.4 Å². The maximum Gasteiger partial charge on any atom is 0.277 e. The van der Waals surface area contributed by atoms with E-state index in [4.69, 9.17) is 4.74 Å². The minimum Gasteiger partial charge on any atom is -0.489 e. The van der Waals surface area contributed by atoms with Crippen molar-refractivity contribution in [2.75, 3.05) is 18.4 Å². The molecule has 0 unspecified atom stereocenters. The predicted molar refractivity (Wildman–Crippen MR) is 128 cm³/mol. The molecule has 2 heterocycles. The average molecular weight is 484 g/mol. The van der Waals surface area contributed by atoms with Crippen LogP contribution in [0.2, 0.25) is 0 Å². The molecule has 1 aromatic heterocycles. The highest BCUT2D eigenvalue weighted by Gasteiger charge is 2.27. The van der Waals surface area contributed by atoms with Crippen LogP contribution in [0.25, 0.3) is 0 Å². The third kappa shape index (κ3) is 5.63. The zero-order valence-electron chi connectivity index (χ0n) is 19.3. The molecule has 1 saturated heterocycles. The standard InChI is InChI=1S/C24H29N5O4S/c1-18(2)33-23-12-11-20(34(31,32)29-13-7-4-8-14-29)15-21(23)25-24(30)22-17-28(27-26-22)16-19-9-5-3-6-10-19/h3,5-6,9-12,15,17-18H,4,7-8,13-14,16H2,1-2H3,(H,25,30). The van der Waals surface area contributed by atoms with Gasteiger partial charge < -0.3 is 10.1 Å². The number of nitrogens with one attached hydrogen (secondary N) is 1. The lowest BCUT2D eigenvalue weighted by Crippen LogP contribution is -2.35. The molecule has 0 aliphatic carbocycles. The van der Waals surface area contributed by atoms with Crippen LogP contribution in [-0.4, -0.2) is 52.8 Å². The van der Waals surface area contributed by atoms with Gasteiger partial charge in [-0.2, -0.15) is 4.31 Å². The van der Waals surface area contributed by atoms with Crippen LogP contribution in [0.3, 0.4) is 0 Å². The molecule has 9 nitrogen and oxygen atoms in total. The fraction of sp³-hybridized carbons (Fsp3) is 0.375. The number of amides is 1. The summed E-state index contributed by atoms with van der Waals surface area (Å²) in [5.74, 6) is -0.113. The van der Waals surface area contributed by atoms with E-state index in [1.165, 1.54) is 16.4 Å². The summed E-state index contributed by atoms with van der Waals surface area (Å²) in [6.07, 6.45) is 4.11. The van der Waals surface area contributed by atoms with Crippen molar-refractivity contribution in [2.24, 2.45) is 0 Å². The van der Waals surface area contributed by atoms with Gasteiger partial charge in [0.2, 0.25) is 10.0 Å². The molecule has 4 rings (SSSR count). The number of sulfonamides is 1. The van der Waals surface area contributed by atoms with E-state index in [-0.39, 0.29) is 22.4 Å². The van der Waals surface area contributed by atoms with E-state index in [1.807, 2.05) is 44.2 Å². The Balaban J connectivity index is 1.57. The topological polar surface area (TPSA) is 106 Å². The third-order valence-corrected chi connectivity index (χ3v) is 7.37. The lowest BCUT2D eigenvalue weighted by Gasteiger charge is -2.26. The molecular weight excluding hydrogens is 454 g/mol. The SMILES string of the molecule is CC(C)Oc1ccc(S(=O)(=O)N2CCCCC2)cc1NC(=O)c1cn(Cc2ccccc2)nn1. The number of piperidine rings is 1. The Labute approximate surface area is 199 Å². The van der Waals surface area contributed by atoms with Crippen molar-refractivity contribution < 1.29 is 17.9 Å². The molecule has 1 aliphatic rings. The van der Waals surface area contributed by atoms with Gasteiger partial charge in [-0.3, -0.25) is 4.79 Å². The minimum absolute atomic E-state index is 0.119. The number of hydrogen-bond acceptors (Lipinski definition) is 6. The van der Waals surface area contributed by atoms with Gasteiger partial charge in [-0.05, 0) is 50.5 Å². The van der Waals surface area contributed by atoms with Crippen molar-refractivity contribution in [2.45, 2.75) is 50.7 Å². The molecule has 1 fully saturated rings. The Kier molecular flexibility index (Phi) is 7.28. The molecule has 10 heteroatoms. The number of rotatable bonds is 8. The van der Waals surface area contributed by atoms with Crippen LogP contribution >= 0.6 is 0 Å². The number of aromatic nitrogens is 3. The van der Waals surface area contributed by atoms with Crippen LogP contribution in [0.5, 0.6) is 5.75 Å². The first-order valence-electron chi connectivity index (χ1n) is 11.4. The molecule has 34 heavy (non-hydrogen) atoms. The summed E-state index contributed by atoms with van der Waals surface area (Å²) in [4.78, 5) is 13.1. The summed E-state index contributed by atoms with van der Waals surface area (Å²) in [5.41, 5.74) is 1.42. The first-order chi connectivity index (χ1) is 16.3. The lowest BCUT2D eigenvalue weighted by atomic mass is 10.2. The number of ether oxygens (including phenoxy) is 1. The van der Waals surface area contributed by atoms with Crippen LogP contribution in [0.4, 0.5) is 5.69 Å². The Bertz CT molecular complexity index is 1240. The first kappa shape index (κ1) is 23.9. The maximum absolute atomic E-state index is 13.2. The Morgan fingerprint density at radius 1 is 1.09 bits per heavy atom. The predicted octanol–water partition coefficient (Wildman–Crippen LogP) is 3.54. The second-order valence-electron chi connectivity index (χ2n) is 8.53. The van der Waals surface area contributed by atoms with Gasteiger partial charge in [-0.1, -0.05) is 42.0 Å². The molecular formula is C24H29N5O4S. The average Bonchev–Trinajstić information content (AvgIpc) is 3.29. The van der Waals surface area contributed by atoms with Crippen LogP contribution in [0, 0.1) is 0 Å². The second kappa shape index (κ2) is 10.4. The minimum atomic E-state index is -3.67. The summed E-state index contributed by atoms with van der Waals surface area (Å²) in [6, 6.07) is 14.3. The van der Waals surface area contributed by atoms with E-state index >= 15 is 0 Å². The molecule has 180 valence electrons. The Hall–Kier alpha value is -3.24. The van der Waals surface area contributed by atoms with E-state index in [9.17, 15) is 13.2 Å². The molecule has 0 spiro atoms. The van der Waals surface area contributed by atoms with Crippen molar-refractivity contribution in [3.63, 3.8) is 0 Å². The second-order valence-corrected chi connectivity index (χ2v) is 10.5. The highest BCUT2D eigenvalue weighted by atomic mass is 32.2. The van der Waals surface area contributed by atoms with Gasteiger partial charge in [-0.15, -0.1) is 5.10 Å². The zero-order valence-corrected chi connectivity index (χ0v) is 20.2. The highest BCUT2D eigenvalue weighted by Crippen LogP contribution is 2.31. The van der Waals surface area contributed by atoms with Gasteiger partial charge in [0.05, 0.1) is 29.4 Å². The van der Waals surface area contributed by atoms with Gasteiger partial charge >= 0.3 is 0 Å². The van der Waals surface area contributed by atoms with Gasteiger partial charge in [0.25, 0.3) is 5.91 Å². The largest absolute Gasteiger partial charge is 0.489 e. The first-order valence-corrected chi connectivity index (χ1v) is 12.8. The van der Waals surface area contributed by atoms with Gasteiger partial charge in [0.15, 0.2) is 5.69 Å². The quantitative estimate of drug-likeness (QED) is 0.525. The molecule has 1 N–H and O–H groups in total. The molecule has 0 saturated carbocycles. The van der Waals surface area contributed by atoms with E-state index in [1.54, 1.807) is 16.9 Å². The molecule has 1 aliphatic heterocycles. The molecule has 0 radical (unpaired) electrons. The number of carbonyl (C=O) groups excluding carboxylic acids is 1. The van der Waals surface area contributed by atoms with Crippen LogP contribution in [0.15, 0.2) is 59.6 Å². The Morgan fingerprint density at radius 3 is 2.53 bits per heavy atom. The van der Waals surface area contributed by atoms with Gasteiger partial charge in [0.1, 0.15) is 5.75 Å². The molecule has 0 atom stereocenters. The summed E-state index contributed by atoms with van der Waals surface area (Å²) in [5, 5.41) is 10.8. The summed E-state index contributed by atoms with van der Waals surface area (Å²) < 4.78 is 35.2. The van der Waals surface area contributed by atoms with Crippen LogP contribution < -0.4 is 10.1 Å². The molecule has 0 bridgehead atoms. The third-order valence-electron chi connectivity index (χ3n) is 5.47. The number of carbonyl (C=O) groups is 1. The van der Waals surface area contributed by atoms with Crippen molar-refractivity contribution in [1.82, 2.24) is 19.3 Å². The van der Waals surface area contributed by atoms with E-state index < -0.39 is 15.9 Å².